The molecule has 0 fully saturated rings. The van der Waals surface area contributed by atoms with Crippen molar-refractivity contribution in [2.45, 2.75) is 26.3 Å². The highest BCUT2D eigenvalue weighted by atomic mass is 16.3. The zero-order valence-electron chi connectivity index (χ0n) is 10.3. The molecule has 1 unspecified atom stereocenters. The number of anilines is 2. The lowest BCUT2D eigenvalue weighted by atomic mass is 10.0. The summed E-state index contributed by atoms with van der Waals surface area (Å²) in [4.78, 5) is 0. The number of hydrogen-bond donors (Lipinski definition) is 3. The molecule has 0 amide bonds. The first-order chi connectivity index (χ1) is 8.08. The van der Waals surface area contributed by atoms with E-state index in [-0.39, 0.29) is 12.6 Å². The van der Waals surface area contributed by atoms with Crippen LogP contribution >= 0.6 is 0 Å². The van der Waals surface area contributed by atoms with Gasteiger partial charge < -0.3 is 16.2 Å². The summed E-state index contributed by atoms with van der Waals surface area (Å²) >= 11 is 0. The average molecular weight is 233 g/mol. The van der Waals surface area contributed by atoms with Crippen molar-refractivity contribution in [3.05, 3.63) is 23.8 Å². The van der Waals surface area contributed by atoms with Crippen molar-refractivity contribution in [3.63, 3.8) is 0 Å². The van der Waals surface area contributed by atoms with Crippen molar-refractivity contribution in [3.8, 4) is 6.07 Å². The lowest BCUT2D eigenvalue weighted by Gasteiger charge is -2.21. The predicted octanol–water partition coefficient (Wildman–Crippen LogP) is 1.76. The number of nitrogens with two attached hydrogens (primary N) is 1. The second-order valence-electron chi connectivity index (χ2n) is 4.43. The highest BCUT2D eigenvalue weighted by Crippen LogP contribution is 2.20. The van der Waals surface area contributed by atoms with Crippen LogP contribution in [0.3, 0.4) is 0 Å². The highest BCUT2D eigenvalue weighted by molar-refractivity contribution is 5.58. The predicted molar refractivity (Wildman–Crippen MR) is 69.5 cm³/mol. The molecule has 0 aromatic heterocycles. The summed E-state index contributed by atoms with van der Waals surface area (Å²) in [5.74, 6) is 0.331. The van der Waals surface area contributed by atoms with Crippen LogP contribution in [0.1, 0.15) is 19.4 Å². The molecule has 1 rings (SSSR count). The van der Waals surface area contributed by atoms with Gasteiger partial charge in [0.05, 0.1) is 25.1 Å². The van der Waals surface area contributed by atoms with E-state index in [4.69, 9.17) is 11.0 Å². The Bertz CT molecular complexity index is 410. The molecule has 0 spiro atoms. The molecule has 0 bridgehead atoms. The van der Waals surface area contributed by atoms with Gasteiger partial charge in [0.1, 0.15) is 0 Å². The lowest BCUT2D eigenvalue weighted by Crippen LogP contribution is -2.29. The Morgan fingerprint density at radius 2 is 2.18 bits per heavy atom. The van der Waals surface area contributed by atoms with Gasteiger partial charge in [0.2, 0.25) is 0 Å². The van der Waals surface area contributed by atoms with Gasteiger partial charge in [-0.05, 0) is 29.7 Å². The van der Waals surface area contributed by atoms with E-state index in [1.54, 1.807) is 6.07 Å². The van der Waals surface area contributed by atoms with E-state index in [0.717, 1.165) is 11.3 Å². The SMILES string of the molecule is CC(C)C(CO)Nc1ccc(N)c(CC#N)c1. The maximum atomic E-state index is 9.25. The van der Waals surface area contributed by atoms with Gasteiger partial charge in [-0.3, -0.25) is 0 Å². The molecule has 0 saturated heterocycles. The molecule has 4 heteroatoms. The number of nitriles is 1. The van der Waals surface area contributed by atoms with E-state index in [0.29, 0.717) is 18.0 Å². The molecule has 1 atom stereocenters. The largest absolute Gasteiger partial charge is 0.398 e. The molecule has 0 saturated carbocycles. The minimum Gasteiger partial charge on any atom is -0.398 e. The standard InChI is InChI=1S/C13H19N3O/c1-9(2)13(8-17)16-11-3-4-12(15)10(7-11)5-6-14/h3-4,7,9,13,16-17H,5,8,15H2,1-2H3. The molecule has 4 N–H and O–H groups in total. The van der Waals surface area contributed by atoms with Gasteiger partial charge in [-0.2, -0.15) is 5.26 Å². The molecule has 0 aliphatic rings. The second kappa shape index (κ2) is 6.12. The molecule has 4 nitrogen and oxygen atoms in total. The third-order valence-electron chi connectivity index (χ3n) is 2.77. The molecule has 1 aromatic carbocycles. The van der Waals surface area contributed by atoms with Gasteiger partial charge in [-0.1, -0.05) is 13.8 Å². The monoisotopic (exact) mass is 233 g/mol. The summed E-state index contributed by atoms with van der Waals surface area (Å²) in [7, 11) is 0. The number of aliphatic hydroxyl groups is 1. The smallest absolute Gasteiger partial charge is 0.0670 e. The quantitative estimate of drug-likeness (QED) is 0.677. The van der Waals surface area contributed by atoms with E-state index in [1.807, 2.05) is 26.0 Å². The summed E-state index contributed by atoms with van der Waals surface area (Å²) in [6, 6.07) is 7.60. The van der Waals surface area contributed by atoms with Crippen LogP contribution in [0.4, 0.5) is 11.4 Å². The lowest BCUT2D eigenvalue weighted by molar-refractivity contribution is 0.249. The molecule has 1 aromatic rings. The third kappa shape index (κ3) is 3.65. The highest BCUT2D eigenvalue weighted by Gasteiger charge is 2.12. The zero-order valence-corrected chi connectivity index (χ0v) is 10.3. The van der Waals surface area contributed by atoms with Crippen LogP contribution in [-0.2, 0) is 6.42 Å². The van der Waals surface area contributed by atoms with Crippen LogP contribution in [-0.4, -0.2) is 17.8 Å². The summed E-state index contributed by atoms with van der Waals surface area (Å²) in [6.45, 7) is 4.17. The fraction of sp³-hybridized carbons (Fsp3) is 0.462. The van der Waals surface area contributed by atoms with Gasteiger partial charge in [0.25, 0.3) is 0 Å². The van der Waals surface area contributed by atoms with Crippen molar-refractivity contribution in [2.24, 2.45) is 5.92 Å². The van der Waals surface area contributed by atoms with Crippen molar-refractivity contribution >= 4 is 11.4 Å². The molecular formula is C13H19N3O. The molecule has 0 aliphatic carbocycles. The Balaban J connectivity index is 2.85. The van der Waals surface area contributed by atoms with Crippen LogP contribution < -0.4 is 11.1 Å². The third-order valence-corrected chi connectivity index (χ3v) is 2.77. The first kappa shape index (κ1) is 13.3. The molecule has 92 valence electrons. The van der Waals surface area contributed by atoms with E-state index < -0.39 is 0 Å². The van der Waals surface area contributed by atoms with Gasteiger partial charge in [-0.25, -0.2) is 0 Å². The van der Waals surface area contributed by atoms with E-state index in [1.165, 1.54) is 0 Å². The number of rotatable bonds is 5. The molecule has 0 aliphatic heterocycles. The fourth-order valence-electron chi connectivity index (χ4n) is 1.57. The average Bonchev–Trinajstić information content (AvgIpc) is 2.30. The van der Waals surface area contributed by atoms with Gasteiger partial charge in [0, 0.05) is 11.4 Å². The second-order valence-corrected chi connectivity index (χ2v) is 4.43. The number of benzene rings is 1. The van der Waals surface area contributed by atoms with E-state index >= 15 is 0 Å². The number of hydrogen-bond acceptors (Lipinski definition) is 4. The first-order valence-corrected chi connectivity index (χ1v) is 5.71. The zero-order chi connectivity index (χ0) is 12.8. The maximum Gasteiger partial charge on any atom is 0.0670 e. The van der Waals surface area contributed by atoms with Crippen LogP contribution in [0.2, 0.25) is 0 Å². The Morgan fingerprint density at radius 1 is 1.47 bits per heavy atom. The van der Waals surface area contributed by atoms with Gasteiger partial charge in [0.15, 0.2) is 0 Å². The van der Waals surface area contributed by atoms with Gasteiger partial charge in [-0.15, -0.1) is 0 Å². The van der Waals surface area contributed by atoms with Crippen LogP contribution in [0, 0.1) is 17.2 Å². The Labute approximate surface area is 102 Å². The Kier molecular flexibility index (Phi) is 4.80. The van der Waals surface area contributed by atoms with E-state index in [9.17, 15) is 5.11 Å². The van der Waals surface area contributed by atoms with Crippen LogP contribution in [0.5, 0.6) is 0 Å². The normalized spacial score (nSPS) is 12.2. The van der Waals surface area contributed by atoms with Crippen LogP contribution in [0.25, 0.3) is 0 Å². The van der Waals surface area contributed by atoms with Crippen molar-refractivity contribution < 1.29 is 5.11 Å². The van der Waals surface area contributed by atoms with Crippen molar-refractivity contribution in [1.29, 1.82) is 5.26 Å². The molecule has 0 radical (unpaired) electrons. The fourth-order valence-corrected chi connectivity index (χ4v) is 1.57. The van der Waals surface area contributed by atoms with E-state index in [2.05, 4.69) is 11.4 Å². The topological polar surface area (TPSA) is 82.1 Å². The van der Waals surface area contributed by atoms with Crippen LogP contribution in [0.15, 0.2) is 18.2 Å². The number of nitrogens with one attached hydrogen (secondary N) is 1. The Hall–Kier alpha value is -1.73. The summed E-state index contributed by atoms with van der Waals surface area (Å²) in [6.07, 6.45) is 0.298. The summed E-state index contributed by atoms with van der Waals surface area (Å²) in [5, 5.41) is 21.2. The molecular weight excluding hydrogens is 214 g/mol. The van der Waals surface area contributed by atoms with Gasteiger partial charge >= 0.3 is 0 Å². The summed E-state index contributed by atoms with van der Waals surface area (Å²) < 4.78 is 0. The number of nitrogens with zero attached hydrogens (tertiary/aromatic N) is 1. The first-order valence-electron chi connectivity index (χ1n) is 5.71. The Morgan fingerprint density at radius 3 is 2.71 bits per heavy atom. The van der Waals surface area contributed by atoms with Crippen molar-refractivity contribution in [1.82, 2.24) is 0 Å². The minimum absolute atomic E-state index is 0.00793. The summed E-state index contributed by atoms with van der Waals surface area (Å²) in [5.41, 5.74) is 8.10. The molecule has 0 heterocycles. The van der Waals surface area contributed by atoms with Crippen molar-refractivity contribution in [2.75, 3.05) is 17.7 Å². The number of nitrogen functional groups attached to an aromatic ring is 1. The minimum atomic E-state index is 0.00793. The maximum absolute atomic E-state index is 9.25. The molecule has 17 heavy (non-hydrogen) atoms. The number of aliphatic hydroxyl groups excluding tert-OH is 1.